The van der Waals surface area contributed by atoms with Gasteiger partial charge in [0.05, 0.1) is 23.2 Å². The van der Waals surface area contributed by atoms with Gasteiger partial charge >= 0.3 is 0 Å². The topological polar surface area (TPSA) is 76.0 Å². The molecule has 2 fully saturated rings. The van der Waals surface area contributed by atoms with Crippen LogP contribution in [-0.4, -0.2) is 42.3 Å². The fraction of sp³-hybridized carbons (Fsp3) is 0.364. The summed E-state index contributed by atoms with van der Waals surface area (Å²) in [5.41, 5.74) is 1.66. The quantitative estimate of drug-likeness (QED) is 0.611. The van der Waals surface area contributed by atoms with Gasteiger partial charge < -0.3 is 9.64 Å². The summed E-state index contributed by atoms with van der Waals surface area (Å²) in [5.74, 6) is 1.03. The van der Waals surface area contributed by atoms with Gasteiger partial charge in [0.15, 0.2) is 20.8 Å². The van der Waals surface area contributed by atoms with Crippen LogP contribution in [0.3, 0.4) is 0 Å². The van der Waals surface area contributed by atoms with Crippen LogP contribution < -0.4 is 9.64 Å². The molecule has 2 aromatic rings. The van der Waals surface area contributed by atoms with Crippen molar-refractivity contribution in [3.8, 4) is 11.5 Å². The van der Waals surface area contributed by atoms with Crippen molar-refractivity contribution >= 4 is 50.0 Å². The first-order valence-electron chi connectivity index (χ1n) is 10.1. The molecule has 0 radical (unpaired) electrons. The molecule has 2 aromatic carbocycles. The lowest BCUT2D eigenvalue weighted by atomic mass is 10.2. The number of anilines is 1. The maximum absolute atomic E-state index is 12.3. The molecule has 0 aromatic heterocycles. The zero-order valence-corrected chi connectivity index (χ0v) is 19.6. The Morgan fingerprint density at radius 2 is 2.06 bits per heavy atom. The van der Waals surface area contributed by atoms with Crippen molar-refractivity contribution in [3.05, 3.63) is 53.1 Å². The standard InChI is InChI=1S/C22H23ClN2O4S2/c1-3-5-21(26)24-22-25(18-12-31(27,28)13-20(18)30-22)17-11-15(23)8-9-19(17)29-16-7-4-6-14(2)10-16/h4,6-11,18,20H,3,5,12-13H2,1-2H3. The van der Waals surface area contributed by atoms with Crippen LogP contribution in [0.2, 0.25) is 5.02 Å². The van der Waals surface area contributed by atoms with Gasteiger partial charge in [0, 0.05) is 16.7 Å². The highest BCUT2D eigenvalue weighted by molar-refractivity contribution is 8.16. The Kier molecular flexibility index (Phi) is 6.32. The van der Waals surface area contributed by atoms with Crippen LogP contribution in [0.15, 0.2) is 47.5 Å². The second-order valence-corrected chi connectivity index (χ2v) is 11.5. The summed E-state index contributed by atoms with van der Waals surface area (Å²) in [7, 11) is -3.17. The van der Waals surface area contributed by atoms with Crippen molar-refractivity contribution in [1.82, 2.24) is 0 Å². The minimum atomic E-state index is -3.17. The van der Waals surface area contributed by atoms with Gasteiger partial charge in [-0.25, -0.2) is 8.42 Å². The van der Waals surface area contributed by atoms with E-state index in [1.165, 1.54) is 11.8 Å². The fourth-order valence-corrected chi connectivity index (χ4v) is 7.88. The predicted molar refractivity (Wildman–Crippen MR) is 126 cm³/mol. The van der Waals surface area contributed by atoms with E-state index in [4.69, 9.17) is 16.3 Å². The van der Waals surface area contributed by atoms with Crippen LogP contribution in [0.5, 0.6) is 11.5 Å². The van der Waals surface area contributed by atoms with E-state index in [1.54, 1.807) is 18.2 Å². The molecule has 31 heavy (non-hydrogen) atoms. The maximum Gasteiger partial charge on any atom is 0.248 e. The van der Waals surface area contributed by atoms with Crippen molar-refractivity contribution in [2.75, 3.05) is 16.4 Å². The second kappa shape index (κ2) is 8.84. The van der Waals surface area contributed by atoms with Crippen molar-refractivity contribution < 1.29 is 17.9 Å². The highest BCUT2D eigenvalue weighted by Gasteiger charge is 2.50. The molecular weight excluding hydrogens is 456 g/mol. The summed E-state index contributed by atoms with van der Waals surface area (Å²) < 4.78 is 30.8. The zero-order chi connectivity index (χ0) is 22.2. The van der Waals surface area contributed by atoms with Gasteiger partial charge in [-0.15, -0.1) is 0 Å². The predicted octanol–water partition coefficient (Wildman–Crippen LogP) is 4.84. The molecular formula is C22H23ClN2O4S2. The molecule has 0 aliphatic carbocycles. The molecule has 6 nitrogen and oxygen atoms in total. The number of amides is 1. The summed E-state index contributed by atoms with van der Waals surface area (Å²) in [6.45, 7) is 3.90. The van der Waals surface area contributed by atoms with E-state index in [2.05, 4.69) is 4.99 Å². The van der Waals surface area contributed by atoms with E-state index in [-0.39, 0.29) is 28.7 Å². The fourth-order valence-electron chi connectivity index (χ4n) is 3.79. The lowest BCUT2D eigenvalue weighted by Gasteiger charge is -2.26. The van der Waals surface area contributed by atoms with E-state index in [0.717, 1.165) is 5.56 Å². The average molecular weight is 479 g/mol. The number of carbonyl (C=O) groups is 1. The molecule has 2 saturated heterocycles. The first kappa shape index (κ1) is 22.2. The Hall–Kier alpha value is -2.03. The van der Waals surface area contributed by atoms with Gasteiger partial charge in [-0.2, -0.15) is 4.99 Å². The van der Waals surface area contributed by atoms with Crippen LogP contribution >= 0.6 is 23.4 Å². The highest BCUT2D eigenvalue weighted by Crippen LogP contribution is 2.45. The van der Waals surface area contributed by atoms with E-state index < -0.39 is 9.84 Å². The van der Waals surface area contributed by atoms with E-state index in [1.807, 2.05) is 43.0 Å². The first-order valence-corrected chi connectivity index (χ1v) is 13.2. The number of fused-ring (bicyclic) bond motifs is 1. The van der Waals surface area contributed by atoms with Gasteiger partial charge in [-0.3, -0.25) is 4.79 Å². The highest BCUT2D eigenvalue weighted by atomic mass is 35.5. The van der Waals surface area contributed by atoms with Crippen molar-refractivity contribution in [2.24, 2.45) is 4.99 Å². The molecule has 2 atom stereocenters. The van der Waals surface area contributed by atoms with Crippen LogP contribution in [0.25, 0.3) is 0 Å². The van der Waals surface area contributed by atoms with E-state index >= 15 is 0 Å². The second-order valence-electron chi connectivity index (χ2n) is 7.74. The monoisotopic (exact) mass is 478 g/mol. The number of halogens is 1. The van der Waals surface area contributed by atoms with Crippen molar-refractivity contribution in [2.45, 2.75) is 38.0 Å². The van der Waals surface area contributed by atoms with E-state index in [0.29, 0.717) is 40.2 Å². The van der Waals surface area contributed by atoms with Gasteiger partial charge in [0.1, 0.15) is 5.75 Å². The Balaban J connectivity index is 1.78. The summed E-state index contributed by atoms with van der Waals surface area (Å²) in [4.78, 5) is 18.4. The Bertz CT molecular complexity index is 1150. The molecule has 0 N–H and O–H groups in total. The Labute approximate surface area is 191 Å². The van der Waals surface area contributed by atoms with Gasteiger partial charge in [0.25, 0.3) is 0 Å². The lowest BCUT2D eigenvalue weighted by Crippen LogP contribution is -2.38. The molecule has 1 amide bonds. The third-order valence-electron chi connectivity index (χ3n) is 5.15. The summed E-state index contributed by atoms with van der Waals surface area (Å²) >= 11 is 7.65. The number of aryl methyl sites for hydroxylation is 1. The van der Waals surface area contributed by atoms with Crippen LogP contribution in [0.4, 0.5) is 5.69 Å². The number of carbonyl (C=O) groups excluding carboxylic acids is 1. The molecule has 0 bridgehead atoms. The smallest absolute Gasteiger partial charge is 0.248 e. The molecule has 2 aliphatic heterocycles. The number of nitrogens with zero attached hydrogens (tertiary/aromatic N) is 2. The number of hydrogen-bond donors (Lipinski definition) is 0. The summed E-state index contributed by atoms with van der Waals surface area (Å²) in [6, 6.07) is 12.5. The average Bonchev–Trinajstić information content (AvgIpc) is 3.14. The molecule has 2 unspecified atom stereocenters. The van der Waals surface area contributed by atoms with Crippen LogP contribution in [0, 0.1) is 6.92 Å². The van der Waals surface area contributed by atoms with Crippen molar-refractivity contribution in [1.29, 1.82) is 0 Å². The number of sulfone groups is 1. The SMILES string of the molecule is CCCC(=O)N=C1SC2CS(=O)(=O)CC2N1c1cc(Cl)ccc1Oc1cccc(C)c1. The number of aliphatic imine (C=N–C) groups is 1. The Morgan fingerprint density at radius 3 is 2.81 bits per heavy atom. The third kappa shape index (κ3) is 4.91. The van der Waals surface area contributed by atoms with Gasteiger partial charge in [-0.05, 0) is 49.2 Å². The zero-order valence-electron chi connectivity index (χ0n) is 17.2. The molecule has 2 heterocycles. The number of amidine groups is 1. The largest absolute Gasteiger partial charge is 0.455 e. The number of thioether (sulfide) groups is 1. The Morgan fingerprint density at radius 1 is 1.26 bits per heavy atom. The molecule has 2 aliphatic rings. The normalized spacial score (nSPS) is 23.2. The van der Waals surface area contributed by atoms with Crippen LogP contribution in [0.1, 0.15) is 25.3 Å². The molecule has 0 saturated carbocycles. The molecule has 4 rings (SSSR count). The summed E-state index contributed by atoms with van der Waals surface area (Å²) in [6.07, 6.45) is 1.04. The van der Waals surface area contributed by atoms with Gasteiger partial charge in [0.2, 0.25) is 5.91 Å². The van der Waals surface area contributed by atoms with Crippen LogP contribution in [-0.2, 0) is 14.6 Å². The van der Waals surface area contributed by atoms with Crippen molar-refractivity contribution in [3.63, 3.8) is 0 Å². The molecule has 0 spiro atoms. The number of rotatable bonds is 5. The first-order chi connectivity index (χ1) is 14.8. The maximum atomic E-state index is 12.3. The number of ether oxygens (including phenoxy) is 1. The molecule has 164 valence electrons. The third-order valence-corrected chi connectivity index (χ3v) is 8.59. The van der Waals surface area contributed by atoms with Gasteiger partial charge in [-0.1, -0.05) is 42.4 Å². The minimum Gasteiger partial charge on any atom is -0.455 e. The minimum absolute atomic E-state index is 0.00204. The summed E-state index contributed by atoms with van der Waals surface area (Å²) in [5, 5.41) is 0.795. The number of benzene rings is 2. The molecule has 9 heteroatoms. The lowest BCUT2D eigenvalue weighted by molar-refractivity contribution is -0.117. The van der Waals surface area contributed by atoms with E-state index in [9.17, 15) is 13.2 Å². The number of hydrogen-bond acceptors (Lipinski definition) is 5.